The van der Waals surface area contributed by atoms with Crippen LogP contribution >= 0.6 is 27.5 Å². The Morgan fingerprint density at radius 1 is 0.911 bits per heavy atom. The number of sulfonamides is 1. The molecule has 0 saturated carbocycles. The lowest BCUT2D eigenvalue weighted by Gasteiger charge is -2.34. The number of rotatable bonds is 14. The minimum atomic E-state index is -4.18. The minimum absolute atomic E-state index is 0.00804. The molecule has 0 spiro atoms. The Morgan fingerprint density at radius 3 is 2.27 bits per heavy atom. The van der Waals surface area contributed by atoms with Crippen LogP contribution in [0.15, 0.2) is 112 Å². The molecule has 0 saturated heterocycles. The molecule has 0 radical (unpaired) electrons. The summed E-state index contributed by atoms with van der Waals surface area (Å²) in [5.41, 5.74) is 2.72. The number of amides is 2. The molecule has 45 heavy (non-hydrogen) atoms. The second kappa shape index (κ2) is 16.1. The van der Waals surface area contributed by atoms with Crippen LogP contribution in [0, 0.1) is 6.92 Å². The molecule has 4 aromatic rings. The number of carbonyl (C=O) groups excluding carboxylic acids is 2. The first kappa shape index (κ1) is 34.2. The highest BCUT2D eigenvalue weighted by Crippen LogP contribution is 2.28. The number of aryl methyl sites for hydroxylation is 1. The molecule has 4 rings (SSSR count). The van der Waals surface area contributed by atoms with Crippen LogP contribution in [-0.2, 0) is 32.6 Å². The van der Waals surface area contributed by atoms with Gasteiger partial charge in [-0.1, -0.05) is 113 Å². The Labute approximate surface area is 279 Å². The van der Waals surface area contributed by atoms with Gasteiger partial charge in [0.2, 0.25) is 11.8 Å². The van der Waals surface area contributed by atoms with Gasteiger partial charge in [0.15, 0.2) is 0 Å². The summed E-state index contributed by atoms with van der Waals surface area (Å²) in [6.07, 6.45) is 1.91. The Kier molecular flexibility index (Phi) is 12.2. The summed E-state index contributed by atoms with van der Waals surface area (Å²) in [4.78, 5) is 29.8. The number of hydrogen-bond donors (Lipinski definition) is 1. The van der Waals surface area contributed by atoms with Crippen LogP contribution in [0.2, 0.25) is 5.02 Å². The summed E-state index contributed by atoms with van der Waals surface area (Å²) in [5, 5.41) is 3.43. The third kappa shape index (κ3) is 9.19. The molecule has 1 atom stereocenters. The molecule has 236 valence electrons. The summed E-state index contributed by atoms with van der Waals surface area (Å²) in [6.45, 7) is 3.84. The van der Waals surface area contributed by atoms with E-state index in [9.17, 15) is 18.0 Å². The molecule has 0 aromatic heterocycles. The molecular formula is C35H37BrClN3O4S. The fourth-order valence-corrected chi connectivity index (χ4v) is 6.86. The first-order valence-electron chi connectivity index (χ1n) is 14.8. The molecular weight excluding hydrogens is 674 g/mol. The predicted octanol–water partition coefficient (Wildman–Crippen LogP) is 7.16. The van der Waals surface area contributed by atoms with Crippen molar-refractivity contribution in [2.45, 2.75) is 50.6 Å². The van der Waals surface area contributed by atoms with E-state index in [0.717, 1.165) is 28.3 Å². The fourth-order valence-electron chi connectivity index (χ4n) is 4.87. The fraction of sp³-hybridized carbons (Fsp3) is 0.257. The summed E-state index contributed by atoms with van der Waals surface area (Å²) >= 11 is 9.99. The maximum atomic E-state index is 14.5. The van der Waals surface area contributed by atoms with Gasteiger partial charge in [-0.25, -0.2) is 8.42 Å². The van der Waals surface area contributed by atoms with E-state index in [1.807, 2.05) is 50.2 Å². The average Bonchev–Trinajstić information content (AvgIpc) is 3.03. The predicted molar refractivity (Wildman–Crippen MR) is 184 cm³/mol. The first-order chi connectivity index (χ1) is 21.6. The smallest absolute Gasteiger partial charge is 0.264 e. The monoisotopic (exact) mass is 709 g/mol. The lowest BCUT2D eigenvalue weighted by molar-refractivity contribution is -0.140. The Balaban J connectivity index is 1.80. The van der Waals surface area contributed by atoms with Gasteiger partial charge in [-0.2, -0.15) is 0 Å². The normalized spacial score (nSPS) is 11.9. The van der Waals surface area contributed by atoms with Crippen LogP contribution in [0.1, 0.15) is 36.5 Å². The van der Waals surface area contributed by atoms with Crippen LogP contribution in [0.4, 0.5) is 5.69 Å². The maximum absolute atomic E-state index is 14.5. The number of benzene rings is 4. The van der Waals surface area contributed by atoms with Crippen molar-refractivity contribution in [2.24, 2.45) is 0 Å². The van der Waals surface area contributed by atoms with Crippen LogP contribution in [0.5, 0.6) is 0 Å². The number of nitrogens with one attached hydrogen (secondary N) is 1. The first-order valence-corrected chi connectivity index (χ1v) is 17.4. The molecule has 10 heteroatoms. The van der Waals surface area contributed by atoms with Gasteiger partial charge in [-0.3, -0.25) is 13.9 Å². The van der Waals surface area contributed by atoms with Crippen LogP contribution in [0.25, 0.3) is 0 Å². The lowest BCUT2D eigenvalue weighted by Crippen LogP contribution is -2.53. The molecule has 0 aliphatic heterocycles. The van der Waals surface area contributed by atoms with E-state index in [1.165, 1.54) is 17.0 Å². The SMILES string of the molecule is CCCCNC(=O)[C@@H](Cc1ccccc1)N(Cc1ccccc1Cl)C(=O)CN(c1cccc(Br)c1)S(=O)(=O)c1ccc(C)cc1. The maximum Gasteiger partial charge on any atom is 0.264 e. The number of carbonyl (C=O) groups is 2. The minimum Gasteiger partial charge on any atom is -0.354 e. The van der Waals surface area contributed by atoms with Gasteiger partial charge in [-0.05, 0) is 60.9 Å². The highest BCUT2D eigenvalue weighted by atomic mass is 79.9. The van der Waals surface area contributed by atoms with Crippen molar-refractivity contribution in [3.63, 3.8) is 0 Å². The summed E-state index contributed by atoms with van der Waals surface area (Å²) in [7, 11) is -4.18. The third-order valence-electron chi connectivity index (χ3n) is 7.38. The average molecular weight is 711 g/mol. The van der Waals surface area contributed by atoms with Gasteiger partial charge in [0.25, 0.3) is 10.0 Å². The molecule has 1 N–H and O–H groups in total. The quantitative estimate of drug-likeness (QED) is 0.141. The van der Waals surface area contributed by atoms with E-state index in [2.05, 4.69) is 21.2 Å². The number of unbranched alkanes of at least 4 members (excludes halogenated alkanes) is 1. The molecule has 0 aliphatic carbocycles. The molecule has 0 aliphatic rings. The number of anilines is 1. The van der Waals surface area contributed by atoms with Gasteiger partial charge in [-0.15, -0.1) is 0 Å². The van der Waals surface area contributed by atoms with Crippen molar-refractivity contribution in [3.8, 4) is 0 Å². The van der Waals surface area contributed by atoms with E-state index < -0.39 is 28.5 Å². The van der Waals surface area contributed by atoms with Gasteiger partial charge in [0.1, 0.15) is 12.6 Å². The van der Waals surface area contributed by atoms with E-state index in [4.69, 9.17) is 11.6 Å². The van der Waals surface area contributed by atoms with Crippen LogP contribution < -0.4 is 9.62 Å². The standard InChI is InChI=1S/C35H37BrClN3O4S/c1-3-4-21-38-35(42)33(22-27-11-6-5-7-12-27)39(24-28-13-8-9-16-32(28)37)34(41)25-40(30-15-10-14-29(36)23-30)45(43,44)31-19-17-26(2)18-20-31/h5-20,23,33H,3-4,21-22,24-25H2,1-2H3,(H,38,42)/t33-/m1/s1. The molecule has 0 unspecified atom stereocenters. The Hall–Kier alpha value is -3.66. The Morgan fingerprint density at radius 2 is 1.60 bits per heavy atom. The van der Waals surface area contributed by atoms with Gasteiger partial charge in [0.05, 0.1) is 10.6 Å². The zero-order valence-electron chi connectivity index (χ0n) is 25.3. The number of nitrogens with zero attached hydrogens (tertiary/aromatic N) is 2. The molecule has 7 nitrogen and oxygen atoms in total. The lowest BCUT2D eigenvalue weighted by atomic mass is 10.0. The van der Waals surface area contributed by atoms with Gasteiger partial charge >= 0.3 is 0 Å². The van der Waals surface area contributed by atoms with E-state index in [0.29, 0.717) is 27.3 Å². The van der Waals surface area contributed by atoms with Crippen molar-refractivity contribution in [2.75, 3.05) is 17.4 Å². The molecule has 0 bridgehead atoms. The second-order valence-corrected chi connectivity index (χ2v) is 14.0. The van der Waals surface area contributed by atoms with E-state index >= 15 is 0 Å². The van der Waals surface area contributed by atoms with Crippen molar-refractivity contribution in [1.82, 2.24) is 10.2 Å². The highest BCUT2D eigenvalue weighted by molar-refractivity contribution is 9.10. The number of halogens is 2. The molecule has 0 fully saturated rings. The van der Waals surface area contributed by atoms with Gasteiger partial charge < -0.3 is 10.2 Å². The summed E-state index contributed by atoms with van der Waals surface area (Å²) in [6, 6.07) is 28.9. The van der Waals surface area contributed by atoms with E-state index in [-0.39, 0.29) is 23.8 Å². The van der Waals surface area contributed by atoms with Crippen molar-refractivity contribution in [1.29, 1.82) is 0 Å². The largest absolute Gasteiger partial charge is 0.354 e. The topological polar surface area (TPSA) is 86.8 Å². The van der Waals surface area contributed by atoms with Gasteiger partial charge in [0, 0.05) is 29.0 Å². The van der Waals surface area contributed by atoms with Crippen molar-refractivity contribution < 1.29 is 18.0 Å². The molecule has 2 amide bonds. The summed E-state index contributed by atoms with van der Waals surface area (Å²) < 4.78 is 30.0. The molecule has 0 heterocycles. The van der Waals surface area contributed by atoms with Crippen molar-refractivity contribution >= 4 is 55.1 Å². The second-order valence-electron chi connectivity index (χ2n) is 10.8. The van der Waals surface area contributed by atoms with Crippen LogP contribution in [0.3, 0.4) is 0 Å². The summed E-state index contributed by atoms with van der Waals surface area (Å²) in [5.74, 6) is -0.861. The molecule has 4 aromatic carbocycles. The Bertz CT molecular complexity index is 1700. The number of hydrogen-bond acceptors (Lipinski definition) is 4. The van der Waals surface area contributed by atoms with E-state index in [1.54, 1.807) is 54.6 Å². The zero-order chi connectivity index (χ0) is 32.4. The van der Waals surface area contributed by atoms with Crippen LogP contribution in [-0.4, -0.2) is 44.3 Å². The van der Waals surface area contributed by atoms with Crippen molar-refractivity contribution in [3.05, 3.63) is 129 Å². The highest BCUT2D eigenvalue weighted by Gasteiger charge is 2.35. The zero-order valence-corrected chi connectivity index (χ0v) is 28.5. The third-order valence-corrected chi connectivity index (χ3v) is 10.0.